The maximum atomic E-state index is 12.9. The van der Waals surface area contributed by atoms with Crippen molar-refractivity contribution >= 4 is 5.91 Å². The highest BCUT2D eigenvalue weighted by Crippen LogP contribution is 2.22. The van der Waals surface area contributed by atoms with E-state index in [1.54, 1.807) is 12.0 Å². The molecule has 1 atom stereocenters. The number of methoxy groups -OCH3 is 1. The third-order valence-corrected chi connectivity index (χ3v) is 3.07. The second-order valence-electron chi connectivity index (χ2n) is 5.50. The first-order valence-electron chi connectivity index (χ1n) is 6.49. The molecular formula is C14H19FN2O3. The van der Waals surface area contributed by atoms with Crippen LogP contribution in [0.3, 0.4) is 0 Å². The number of morpholine rings is 1. The minimum atomic E-state index is -0.457. The van der Waals surface area contributed by atoms with Gasteiger partial charge in [-0.2, -0.15) is 0 Å². The first-order chi connectivity index (χ1) is 9.41. The molecule has 0 bridgehead atoms. The molecule has 2 heterocycles. The van der Waals surface area contributed by atoms with Crippen LogP contribution in [0.2, 0.25) is 0 Å². The Balaban J connectivity index is 2.13. The van der Waals surface area contributed by atoms with Gasteiger partial charge >= 0.3 is 0 Å². The highest BCUT2D eigenvalue weighted by Gasteiger charge is 2.36. The number of carbonyl (C=O) groups excluding carboxylic acids is 1. The molecule has 0 N–H and O–H groups in total. The van der Waals surface area contributed by atoms with Crippen LogP contribution >= 0.6 is 0 Å². The number of amides is 1. The predicted octanol–water partition coefficient (Wildman–Crippen LogP) is 1.49. The molecule has 2 rings (SSSR count). The van der Waals surface area contributed by atoms with Gasteiger partial charge < -0.3 is 14.4 Å². The largest absolute Gasteiger partial charge is 0.382 e. The minimum Gasteiger partial charge on any atom is -0.382 e. The molecule has 6 heteroatoms. The van der Waals surface area contributed by atoms with Gasteiger partial charge in [-0.25, -0.2) is 9.37 Å². The van der Waals surface area contributed by atoms with Gasteiger partial charge in [0.2, 0.25) is 0 Å². The Labute approximate surface area is 117 Å². The molecule has 0 aromatic carbocycles. The summed E-state index contributed by atoms with van der Waals surface area (Å²) in [5.41, 5.74) is -0.211. The van der Waals surface area contributed by atoms with Crippen molar-refractivity contribution in [3.8, 4) is 0 Å². The molecule has 0 spiro atoms. The van der Waals surface area contributed by atoms with E-state index < -0.39 is 11.4 Å². The molecule has 1 saturated heterocycles. The van der Waals surface area contributed by atoms with Crippen molar-refractivity contribution in [2.45, 2.75) is 25.6 Å². The SMILES string of the molecule is COCC1CN(C(=O)c2ccc(F)cn2)CC(C)(C)O1. The summed E-state index contributed by atoms with van der Waals surface area (Å²) in [7, 11) is 1.60. The Bertz CT molecular complexity index is 476. The molecule has 1 aliphatic heterocycles. The fraction of sp³-hybridized carbons (Fsp3) is 0.571. The molecule has 1 aliphatic rings. The average molecular weight is 282 g/mol. The topological polar surface area (TPSA) is 51.7 Å². The highest BCUT2D eigenvalue weighted by molar-refractivity contribution is 5.92. The quantitative estimate of drug-likeness (QED) is 0.843. The Morgan fingerprint density at radius 3 is 2.95 bits per heavy atom. The summed E-state index contributed by atoms with van der Waals surface area (Å²) in [6.07, 6.45) is 0.874. The number of carbonyl (C=O) groups is 1. The van der Waals surface area contributed by atoms with E-state index in [9.17, 15) is 9.18 Å². The Morgan fingerprint density at radius 2 is 2.35 bits per heavy atom. The lowest BCUT2D eigenvalue weighted by atomic mass is 10.0. The molecule has 0 aliphatic carbocycles. The fourth-order valence-corrected chi connectivity index (χ4v) is 2.39. The number of rotatable bonds is 3. The fourth-order valence-electron chi connectivity index (χ4n) is 2.39. The zero-order valence-corrected chi connectivity index (χ0v) is 11.9. The summed E-state index contributed by atoms with van der Waals surface area (Å²) in [5, 5.41) is 0. The smallest absolute Gasteiger partial charge is 0.272 e. The van der Waals surface area contributed by atoms with E-state index in [1.165, 1.54) is 12.1 Å². The van der Waals surface area contributed by atoms with Crippen LogP contribution in [0.15, 0.2) is 18.3 Å². The van der Waals surface area contributed by atoms with Crippen molar-refractivity contribution < 1.29 is 18.7 Å². The van der Waals surface area contributed by atoms with Crippen LogP contribution in [0.4, 0.5) is 4.39 Å². The van der Waals surface area contributed by atoms with E-state index in [0.29, 0.717) is 19.7 Å². The van der Waals surface area contributed by atoms with E-state index in [2.05, 4.69) is 4.98 Å². The normalized spacial score (nSPS) is 21.8. The van der Waals surface area contributed by atoms with E-state index in [0.717, 1.165) is 6.20 Å². The molecule has 0 saturated carbocycles. The standard InChI is InChI=1S/C14H19FN2O3/c1-14(2)9-17(7-11(20-14)8-19-3)13(18)12-5-4-10(15)6-16-12/h4-6,11H,7-9H2,1-3H3. The molecule has 1 aromatic rings. The Hall–Kier alpha value is -1.53. The number of aromatic nitrogens is 1. The average Bonchev–Trinajstić information content (AvgIpc) is 2.37. The first kappa shape index (κ1) is 14.9. The minimum absolute atomic E-state index is 0.173. The number of halogens is 1. The number of ether oxygens (including phenoxy) is 2. The maximum absolute atomic E-state index is 12.9. The van der Waals surface area contributed by atoms with Crippen molar-refractivity contribution in [1.82, 2.24) is 9.88 Å². The van der Waals surface area contributed by atoms with Crippen molar-refractivity contribution in [2.75, 3.05) is 26.8 Å². The van der Waals surface area contributed by atoms with Gasteiger partial charge in [0.15, 0.2) is 0 Å². The Kier molecular flexibility index (Phi) is 4.35. The molecule has 5 nitrogen and oxygen atoms in total. The number of pyridine rings is 1. The zero-order valence-electron chi connectivity index (χ0n) is 11.9. The summed E-state index contributed by atoms with van der Waals surface area (Å²) < 4.78 is 23.8. The number of hydrogen-bond acceptors (Lipinski definition) is 4. The molecule has 1 fully saturated rings. The molecule has 1 unspecified atom stereocenters. The van der Waals surface area contributed by atoms with Crippen LogP contribution in [0.25, 0.3) is 0 Å². The van der Waals surface area contributed by atoms with Gasteiger partial charge in [-0.05, 0) is 26.0 Å². The van der Waals surface area contributed by atoms with Gasteiger partial charge in [-0.1, -0.05) is 0 Å². The van der Waals surface area contributed by atoms with Crippen molar-refractivity contribution in [3.63, 3.8) is 0 Å². The van der Waals surface area contributed by atoms with Gasteiger partial charge in [0.1, 0.15) is 11.5 Å². The summed E-state index contributed by atoms with van der Waals surface area (Å²) in [6.45, 7) is 5.17. The van der Waals surface area contributed by atoms with Crippen LogP contribution in [-0.4, -0.2) is 54.3 Å². The third kappa shape index (κ3) is 3.52. The van der Waals surface area contributed by atoms with Crippen LogP contribution in [-0.2, 0) is 9.47 Å². The zero-order chi connectivity index (χ0) is 14.8. The lowest BCUT2D eigenvalue weighted by molar-refractivity contribution is -0.143. The second-order valence-corrected chi connectivity index (χ2v) is 5.50. The van der Waals surface area contributed by atoms with Gasteiger partial charge in [-0.15, -0.1) is 0 Å². The van der Waals surface area contributed by atoms with Crippen molar-refractivity contribution in [2.24, 2.45) is 0 Å². The van der Waals surface area contributed by atoms with Crippen LogP contribution in [0.1, 0.15) is 24.3 Å². The Morgan fingerprint density at radius 1 is 1.60 bits per heavy atom. The second kappa shape index (κ2) is 5.85. The molecule has 110 valence electrons. The number of nitrogens with zero attached hydrogens (tertiary/aromatic N) is 2. The molecule has 20 heavy (non-hydrogen) atoms. The van der Waals surface area contributed by atoms with Crippen molar-refractivity contribution in [1.29, 1.82) is 0 Å². The maximum Gasteiger partial charge on any atom is 0.272 e. The summed E-state index contributed by atoms with van der Waals surface area (Å²) >= 11 is 0. The third-order valence-electron chi connectivity index (χ3n) is 3.07. The molecule has 0 radical (unpaired) electrons. The molecule has 1 amide bonds. The molecule has 1 aromatic heterocycles. The van der Waals surface area contributed by atoms with E-state index >= 15 is 0 Å². The number of hydrogen-bond donors (Lipinski definition) is 0. The van der Waals surface area contributed by atoms with Gasteiger partial charge in [0.25, 0.3) is 5.91 Å². The first-order valence-corrected chi connectivity index (χ1v) is 6.49. The van der Waals surface area contributed by atoms with E-state index in [1.807, 2.05) is 13.8 Å². The predicted molar refractivity (Wildman–Crippen MR) is 70.9 cm³/mol. The summed E-state index contributed by atoms with van der Waals surface area (Å²) in [6, 6.07) is 2.63. The van der Waals surface area contributed by atoms with Gasteiger partial charge in [-0.3, -0.25) is 4.79 Å². The van der Waals surface area contributed by atoms with Crippen LogP contribution in [0.5, 0.6) is 0 Å². The summed E-state index contributed by atoms with van der Waals surface area (Å²) in [5.74, 6) is -0.677. The van der Waals surface area contributed by atoms with Crippen LogP contribution in [0, 0.1) is 5.82 Å². The monoisotopic (exact) mass is 282 g/mol. The highest BCUT2D eigenvalue weighted by atomic mass is 19.1. The van der Waals surface area contributed by atoms with Gasteiger partial charge in [0, 0.05) is 20.2 Å². The van der Waals surface area contributed by atoms with Gasteiger partial charge in [0.05, 0.1) is 24.5 Å². The molecular weight excluding hydrogens is 263 g/mol. The lowest BCUT2D eigenvalue weighted by Crippen LogP contribution is -2.55. The van der Waals surface area contributed by atoms with Crippen LogP contribution < -0.4 is 0 Å². The lowest BCUT2D eigenvalue weighted by Gasteiger charge is -2.42. The van der Waals surface area contributed by atoms with Crippen molar-refractivity contribution in [3.05, 3.63) is 29.8 Å². The van der Waals surface area contributed by atoms with E-state index in [-0.39, 0.29) is 17.7 Å². The van der Waals surface area contributed by atoms with E-state index in [4.69, 9.17) is 9.47 Å². The summed E-state index contributed by atoms with van der Waals surface area (Å²) in [4.78, 5) is 17.9.